The van der Waals surface area contributed by atoms with E-state index in [2.05, 4.69) is 10.3 Å². The number of sulfonamides is 1. The fourth-order valence-electron chi connectivity index (χ4n) is 3.53. The topological polar surface area (TPSA) is 157 Å². The number of nitrogens with one attached hydrogen (secondary N) is 1. The minimum absolute atomic E-state index is 0.000206. The minimum atomic E-state index is -4.00. The second-order valence-electron chi connectivity index (χ2n) is 7.69. The van der Waals surface area contributed by atoms with Gasteiger partial charge in [-0.3, -0.25) is 20.2 Å². The quantitative estimate of drug-likeness (QED) is 0.356. The molecule has 3 aromatic rings. The maximum absolute atomic E-state index is 12.9. The van der Waals surface area contributed by atoms with Crippen LogP contribution < -0.4 is 5.32 Å². The van der Waals surface area contributed by atoms with E-state index in [-0.39, 0.29) is 30.4 Å². The first kappa shape index (κ1) is 24.9. The van der Waals surface area contributed by atoms with Crippen molar-refractivity contribution >= 4 is 47.9 Å². The zero-order valence-corrected chi connectivity index (χ0v) is 20.6. The third-order valence-corrected chi connectivity index (χ3v) is 10.4. The molecule has 0 saturated carbocycles. The number of hydrogen-bond acceptors (Lipinski definition) is 9. The monoisotopic (exact) mass is 536 g/mol. The molecular formula is C21H20N4O7S3. The molecule has 14 heteroatoms. The van der Waals surface area contributed by atoms with Gasteiger partial charge in [-0.15, -0.1) is 0 Å². The van der Waals surface area contributed by atoms with E-state index in [4.69, 9.17) is 0 Å². The molecule has 1 saturated heterocycles. The van der Waals surface area contributed by atoms with Gasteiger partial charge in [0, 0.05) is 30.8 Å². The Labute approximate surface area is 205 Å². The van der Waals surface area contributed by atoms with Gasteiger partial charge in [0.2, 0.25) is 19.9 Å². The molecule has 2 heterocycles. The van der Waals surface area contributed by atoms with Crippen molar-refractivity contribution in [3.8, 4) is 0 Å². The predicted molar refractivity (Wildman–Crippen MR) is 128 cm³/mol. The molecule has 0 unspecified atom stereocenters. The lowest BCUT2D eigenvalue weighted by atomic mass is 10.2. The van der Waals surface area contributed by atoms with Crippen LogP contribution in [0.1, 0.15) is 29.6 Å². The summed E-state index contributed by atoms with van der Waals surface area (Å²) in [6.45, 7) is 0.869. The van der Waals surface area contributed by atoms with Crippen molar-refractivity contribution in [2.45, 2.75) is 33.3 Å². The van der Waals surface area contributed by atoms with Gasteiger partial charge in [-0.25, -0.2) is 21.8 Å². The third kappa shape index (κ3) is 5.24. The van der Waals surface area contributed by atoms with Gasteiger partial charge in [-0.1, -0.05) is 23.8 Å². The minimum Gasteiger partial charge on any atom is -0.298 e. The van der Waals surface area contributed by atoms with Crippen molar-refractivity contribution in [1.82, 2.24) is 9.29 Å². The smallest absolute Gasteiger partial charge is 0.269 e. The molecule has 0 atom stereocenters. The number of nitro benzene ring substituents is 1. The Morgan fingerprint density at radius 2 is 1.69 bits per heavy atom. The van der Waals surface area contributed by atoms with Gasteiger partial charge < -0.3 is 0 Å². The van der Waals surface area contributed by atoms with Gasteiger partial charge >= 0.3 is 0 Å². The number of amides is 1. The fourth-order valence-corrected chi connectivity index (χ4v) is 7.52. The van der Waals surface area contributed by atoms with Crippen LogP contribution in [0.2, 0.25) is 0 Å². The number of hydrogen-bond donors (Lipinski definition) is 1. The van der Waals surface area contributed by atoms with Crippen LogP contribution in [0.25, 0.3) is 0 Å². The van der Waals surface area contributed by atoms with Crippen LogP contribution in [0.5, 0.6) is 0 Å². The summed E-state index contributed by atoms with van der Waals surface area (Å²) in [5.74, 6) is -0.644. The van der Waals surface area contributed by atoms with Crippen LogP contribution in [-0.4, -0.2) is 50.0 Å². The molecule has 0 radical (unpaired) electrons. The third-order valence-electron chi connectivity index (χ3n) is 5.38. The highest BCUT2D eigenvalue weighted by Gasteiger charge is 2.27. The fraction of sp³-hybridized carbons (Fsp3) is 0.238. The van der Waals surface area contributed by atoms with Crippen molar-refractivity contribution < 1.29 is 26.6 Å². The second kappa shape index (κ2) is 9.81. The molecule has 1 aromatic heterocycles. The van der Waals surface area contributed by atoms with Crippen molar-refractivity contribution in [2.75, 3.05) is 18.4 Å². The number of piperidine rings is 1. The predicted octanol–water partition coefficient (Wildman–Crippen LogP) is 3.31. The largest absolute Gasteiger partial charge is 0.298 e. The van der Waals surface area contributed by atoms with Crippen LogP contribution in [0.3, 0.4) is 0 Å². The average molecular weight is 537 g/mol. The van der Waals surface area contributed by atoms with Gasteiger partial charge in [0.05, 0.1) is 20.9 Å². The molecular weight excluding hydrogens is 516 g/mol. The molecule has 1 amide bonds. The van der Waals surface area contributed by atoms with E-state index < -0.39 is 30.7 Å². The Bertz CT molecular complexity index is 1480. The van der Waals surface area contributed by atoms with E-state index in [9.17, 15) is 31.7 Å². The van der Waals surface area contributed by atoms with E-state index in [0.717, 1.165) is 49.7 Å². The first-order valence-electron chi connectivity index (χ1n) is 10.5. The molecule has 2 aromatic carbocycles. The number of nitrogens with zero attached hydrogens (tertiary/aromatic N) is 3. The van der Waals surface area contributed by atoms with Crippen LogP contribution in [-0.2, 0) is 19.9 Å². The second-order valence-corrected chi connectivity index (χ2v) is 12.8. The highest BCUT2D eigenvalue weighted by atomic mass is 32.2. The van der Waals surface area contributed by atoms with Gasteiger partial charge in [0.15, 0.2) is 5.13 Å². The van der Waals surface area contributed by atoms with Crippen molar-refractivity contribution in [3.05, 3.63) is 70.4 Å². The van der Waals surface area contributed by atoms with Crippen molar-refractivity contribution in [2.24, 2.45) is 0 Å². The van der Waals surface area contributed by atoms with E-state index in [0.29, 0.717) is 24.4 Å². The summed E-state index contributed by atoms with van der Waals surface area (Å²) >= 11 is 0.709. The number of sulfone groups is 1. The SMILES string of the molecule is O=C(Nc1ncc(S(=O)(=O)c2ccc([N+](=O)[O-])cc2)s1)c1cccc(S(=O)(=O)N2CCCCC2)c1. The van der Waals surface area contributed by atoms with Gasteiger partial charge in [-0.2, -0.15) is 4.31 Å². The summed E-state index contributed by atoms with van der Waals surface area (Å²) in [4.78, 5) is 26.7. The molecule has 0 aliphatic carbocycles. The lowest BCUT2D eigenvalue weighted by Gasteiger charge is -2.26. The first-order chi connectivity index (χ1) is 16.6. The Kier molecular flexibility index (Phi) is 6.98. The highest BCUT2D eigenvalue weighted by Crippen LogP contribution is 2.30. The Balaban J connectivity index is 1.51. The van der Waals surface area contributed by atoms with Crippen LogP contribution in [0, 0.1) is 10.1 Å². The summed E-state index contributed by atoms with van der Waals surface area (Å²) in [7, 11) is -7.73. The van der Waals surface area contributed by atoms with Crippen LogP contribution in [0.15, 0.2) is 68.7 Å². The molecule has 11 nitrogen and oxygen atoms in total. The number of aromatic nitrogens is 1. The summed E-state index contributed by atoms with van der Waals surface area (Å²) in [5, 5.41) is 13.3. The number of benzene rings is 2. The molecule has 1 aliphatic heterocycles. The van der Waals surface area contributed by atoms with E-state index in [1.54, 1.807) is 0 Å². The maximum atomic E-state index is 12.9. The molecule has 35 heavy (non-hydrogen) atoms. The molecule has 1 aliphatic rings. The van der Waals surface area contributed by atoms with E-state index in [1.165, 1.54) is 28.6 Å². The summed E-state index contributed by atoms with van der Waals surface area (Å²) in [6, 6.07) is 10.0. The molecule has 184 valence electrons. The Morgan fingerprint density at radius 1 is 1.00 bits per heavy atom. The number of non-ortho nitro benzene ring substituents is 1. The highest BCUT2D eigenvalue weighted by molar-refractivity contribution is 7.93. The molecule has 0 bridgehead atoms. The number of rotatable bonds is 7. The summed E-state index contributed by atoms with van der Waals surface area (Å²) in [6.07, 6.45) is 3.63. The maximum Gasteiger partial charge on any atom is 0.269 e. The lowest BCUT2D eigenvalue weighted by Crippen LogP contribution is -2.35. The summed E-state index contributed by atoms with van der Waals surface area (Å²) < 4.78 is 52.7. The van der Waals surface area contributed by atoms with E-state index in [1.807, 2.05) is 0 Å². The van der Waals surface area contributed by atoms with Gasteiger partial charge in [0.1, 0.15) is 4.21 Å². The van der Waals surface area contributed by atoms with Crippen LogP contribution >= 0.6 is 11.3 Å². The zero-order valence-electron chi connectivity index (χ0n) is 18.2. The van der Waals surface area contributed by atoms with Crippen molar-refractivity contribution in [3.63, 3.8) is 0 Å². The molecule has 0 spiro atoms. The normalized spacial score (nSPS) is 15.0. The number of thiazole rings is 1. The number of anilines is 1. The van der Waals surface area contributed by atoms with Gasteiger partial charge in [0.25, 0.3) is 11.6 Å². The van der Waals surface area contributed by atoms with E-state index >= 15 is 0 Å². The number of nitro groups is 1. The van der Waals surface area contributed by atoms with Gasteiger partial charge in [-0.05, 0) is 43.2 Å². The molecule has 4 rings (SSSR count). The average Bonchev–Trinajstić information content (AvgIpc) is 3.34. The number of carbonyl (C=O) groups excluding carboxylic acids is 1. The Hall–Kier alpha value is -3.20. The number of carbonyl (C=O) groups is 1. The lowest BCUT2D eigenvalue weighted by molar-refractivity contribution is -0.384. The first-order valence-corrected chi connectivity index (χ1v) is 14.2. The standard InChI is InChI=1S/C21H20N4O7S3/c26-20(15-5-4-6-18(13-15)35(31,32)24-11-2-1-3-12-24)23-21-22-14-19(33-21)34(29,30)17-9-7-16(8-10-17)25(27)28/h4-10,13-14H,1-3,11-12H2,(H,22,23,26). The summed E-state index contributed by atoms with van der Waals surface area (Å²) in [5.41, 5.74) is -0.163. The zero-order chi connectivity index (χ0) is 25.2. The Morgan fingerprint density at radius 3 is 2.34 bits per heavy atom. The molecule has 1 N–H and O–H groups in total. The van der Waals surface area contributed by atoms with Crippen molar-refractivity contribution in [1.29, 1.82) is 0 Å². The van der Waals surface area contributed by atoms with Crippen LogP contribution in [0.4, 0.5) is 10.8 Å². The molecule has 1 fully saturated rings.